The van der Waals surface area contributed by atoms with Crippen LogP contribution < -0.4 is 5.32 Å². The maximum absolute atomic E-state index is 10.8. The number of nitro groups is 1. The summed E-state index contributed by atoms with van der Waals surface area (Å²) < 4.78 is 0. The van der Waals surface area contributed by atoms with Gasteiger partial charge in [-0.25, -0.2) is 4.79 Å². The van der Waals surface area contributed by atoms with E-state index in [4.69, 9.17) is 10.4 Å². The Hall–Kier alpha value is -2.66. The van der Waals surface area contributed by atoms with Crippen molar-refractivity contribution in [1.29, 1.82) is 5.26 Å². The van der Waals surface area contributed by atoms with E-state index in [1.807, 2.05) is 6.07 Å². The van der Waals surface area contributed by atoms with E-state index in [0.717, 1.165) is 13.0 Å². The molecule has 3 N–H and O–H groups in total. The normalized spacial score (nSPS) is 13.1. The molecule has 0 radical (unpaired) electrons. The number of nitriles is 1. The zero-order valence-corrected chi connectivity index (χ0v) is 9.95. The van der Waals surface area contributed by atoms with Crippen molar-refractivity contribution in [3.8, 4) is 6.07 Å². The minimum Gasteiger partial charge on any atom is -0.479 e. The highest BCUT2D eigenvalue weighted by molar-refractivity contribution is 5.78. The molecular formula is C11H11N3O5. The van der Waals surface area contributed by atoms with E-state index >= 15 is 0 Å². The molecule has 0 aliphatic rings. The number of aliphatic carboxylic acids is 1. The van der Waals surface area contributed by atoms with Crippen LogP contribution >= 0.6 is 0 Å². The van der Waals surface area contributed by atoms with Gasteiger partial charge in [-0.05, 0) is 19.1 Å². The van der Waals surface area contributed by atoms with E-state index in [0.29, 0.717) is 0 Å². The van der Waals surface area contributed by atoms with Gasteiger partial charge in [0.25, 0.3) is 5.69 Å². The highest BCUT2D eigenvalue weighted by atomic mass is 16.6. The average molecular weight is 265 g/mol. The summed E-state index contributed by atoms with van der Waals surface area (Å²) >= 11 is 0. The molecule has 0 saturated carbocycles. The van der Waals surface area contributed by atoms with Crippen LogP contribution in [0.15, 0.2) is 18.2 Å². The highest BCUT2D eigenvalue weighted by Crippen LogP contribution is 2.25. The topological polar surface area (TPSA) is 136 Å². The highest BCUT2D eigenvalue weighted by Gasteiger charge is 2.30. The number of carboxylic acids is 1. The Bertz CT molecular complexity index is 562. The van der Waals surface area contributed by atoms with Crippen molar-refractivity contribution in [2.45, 2.75) is 12.5 Å². The Labute approximate surface area is 108 Å². The van der Waals surface area contributed by atoms with Crippen LogP contribution in [0.3, 0.4) is 0 Å². The van der Waals surface area contributed by atoms with E-state index in [1.165, 1.54) is 12.1 Å². The van der Waals surface area contributed by atoms with Gasteiger partial charge in [-0.15, -0.1) is 0 Å². The molecule has 0 aromatic heterocycles. The number of nitro benzene ring substituents is 1. The predicted octanol–water partition coefficient (Wildman–Crippen LogP) is 0.714. The number of carboxylic acid groups (broad SMARTS) is 1. The van der Waals surface area contributed by atoms with Crippen molar-refractivity contribution in [2.75, 3.05) is 11.9 Å². The van der Waals surface area contributed by atoms with Crippen molar-refractivity contribution in [3.63, 3.8) is 0 Å². The lowest BCUT2D eigenvalue weighted by atomic mass is 10.1. The minimum atomic E-state index is -2.07. The van der Waals surface area contributed by atoms with E-state index in [9.17, 15) is 20.0 Å². The molecule has 1 aromatic rings. The summed E-state index contributed by atoms with van der Waals surface area (Å²) in [6, 6.07) is 5.44. The Morgan fingerprint density at radius 3 is 2.74 bits per heavy atom. The number of carbonyl (C=O) groups is 1. The number of aliphatic hydroxyl groups is 1. The summed E-state index contributed by atoms with van der Waals surface area (Å²) in [6.07, 6.45) is 0. The molecule has 1 rings (SSSR count). The van der Waals surface area contributed by atoms with Crippen molar-refractivity contribution < 1.29 is 19.9 Å². The molecule has 1 aromatic carbocycles. The Morgan fingerprint density at radius 1 is 1.63 bits per heavy atom. The molecule has 1 atom stereocenters. The molecule has 0 spiro atoms. The number of benzene rings is 1. The number of hydrogen-bond donors (Lipinski definition) is 3. The predicted molar refractivity (Wildman–Crippen MR) is 64.6 cm³/mol. The van der Waals surface area contributed by atoms with Crippen molar-refractivity contribution >= 4 is 17.3 Å². The third kappa shape index (κ3) is 3.40. The first-order valence-electron chi connectivity index (χ1n) is 5.16. The summed E-state index contributed by atoms with van der Waals surface area (Å²) in [7, 11) is 0. The van der Waals surface area contributed by atoms with Gasteiger partial charge in [-0.1, -0.05) is 0 Å². The zero-order chi connectivity index (χ0) is 14.6. The lowest BCUT2D eigenvalue weighted by Crippen LogP contribution is -2.41. The zero-order valence-electron chi connectivity index (χ0n) is 9.95. The molecule has 0 heterocycles. The van der Waals surface area contributed by atoms with Crippen LogP contribution in [0.1, 0.15) is 12.5 Å². The van der Waals surface area contributed by atoms with E-state index in [1.54, 1.807) is 0 Å². The molecule has 0 bridgehead atoms. The van der Waals surface area contributed by atoms with Crippen LogP contribution in [-0.2, 0) is 4.79 Å². The molecule has 0 aliphatic carbocycles. The smallest absolute Gasteiger partial charge is 0.337 e. The first kappa shape index (κ1) is 14.4. The van der Waals surface area contributed by atoms with Crippen molar-refractivity contribution in [1.82, 2.24) is 0 Å². The number of anilines is 1. The number of nitrogens with zero attached hydrogens (tertiary/aromatic N) is 2. The molecular weight excluding hydrogens is 254 g/mol. The molecule has 0 amide bonds. The lowest BCUT2D eigenvalue weighted by molar-refractivity contribution is -0.384. The fraction of sp³-hybridized carbons (Fsp3) is 0.273. The molecule has 0 saturated heterocycles. The minimum absolute atomic E-state index is 0.0226. The fourth-order valence-corrected chi connectivity index (χ4v) is 1.25. The van der Waals surface area contributed by atoms with Gasteiger partial charge < -0.3 is 15.5 Å². The van der Waals surface area contributed by atoms with Gasteiger partial charge in [0, 0.05) is 6.07 Å². The first-order valence-corrected chi connectivity index (χ1v) is 5.16. The molecule has 1 unspecified atom stereocenters. The second-order valence-corrected chi connectivity index (χ2v) is 4.03. The molecule has 8 heteroatoms. The number of rotatable bonds is 5. The second-order valence-electron chi connectivity index (χ2n) is 4.03. The van der Waals surface area contributed by atoms with Gasteiger partial charge in [-0.2, -0.15) is 5.26 Å². The molecule has 100 valence electrons. The summed E-state index contributed by atoms with van der Waals surface area (Å²) in [6.45, 7) is 0.625. The third-order valence-corrected chi connectivity index (χ3v) is 2.41. The molecule has 0 aliphatic heterocycles. The summed E-state index contributed by atoms with van der Waals surface area (Å²) in [5, 5.41) is 40.2. The van der Waals surface area contributed by atoms with Crippen LogP contribution in [0.5, 0.6) is 0 Å². The average Bonchev–Trinajstić information content (AvgIpc) is 2.35. The van der Waals surface area contributed by atoms with Gasteiger partial charge in [0.2, 0.25) is 0 Å². The van der Waals surface area contributed by atoms with Gasteiger partial charge >= 0.3 is 5.97 Å². The van der Waals surface area contributed by atoms with Gasteiger partial charge in [0.15, 0.2) is 5.60 Å². The Kier molecular flexibility index (Phi) is 4.04. The summed E-state index contributed by atoms with van der Waals surface area (Å²) in [5.74, 6) is -1.46. The summed E-state index contributed by atoms with van der Waals surface area (Å²) in [4.78, 5) is 20.8. The Morgan fingerprint density at radius 2 is 2.26 bits per heavy atom. The van der Waals surface area contributed by atoms with E-state index in [-0.39, 0.29) is 16.9 Å². The van der Waals surface area contributed by atoms with Gasteiger partial charge in [-0.3, -0.25) is 10.1 Å². The van der Waals surface area contributed by atoms with Crippen LogP contribution in [0.2, 0.25) is 0 Å². The molecule has 0 fully saturated rings. The second kappa shape index (κ2) is 5.32. The van der Waals surface area contributed by atoms with Crippen LogP contribution in [0.4, 0.5) is 11.4 Å². The fourth-order valence-electron chi connectivity index (χ4n) is 1.25. The van der Waals surface area contributed by atoms with Gasteiger partial charge in [0.05, 0.1) is 23.1 Å². The maximum Gasteiger partial charge on any atom is 0.337 e. The third-order valence-electron chi connectivity index (χ3n) is 2.41. The molecule has 8 nitrogen and oxygen atoms in total. The van der Waals surface area contributed by atoms with E-state index < -0.39 is 23.0 Å². The monoisotopic (exact) mass is 265 g/mol. The molecule has 19 heavy (non-hydrogen) atoms. The standard InChI is InChI=1S/C11H11N3O5/c1-11(17,10(15)16)6-13-8-4-7(5-12)2-3-9(8)14(18)19/h2-4,13,17H,6H2,1H3,(H,15,16). The van der Waals surface area contributed by atoms with Crippen LogP contribution in [0.25, 0.3) is 0 Å². The van der Waals surface area contributed by atoms with Crippen LogP contribution in [0, 0.1) is 21.4 Å². The van der Waals surface area contributed by atoms with Crippen LogP contribution in [-0.4, -0.2) is 33.3 Å². The largest absolute Gasteiger partial charge is 0.479 e. The lowest BCUT2D eigenvalue weighted by Gasteiger charge is -2.19. The van der Waals surface area contributed by atoms with Crippen molar-refractivity contribution in [3.05, 3.63) is 33.9 Å². The number of nitrogens with one attached hydrogen (secondary N) is 1. The number of hydrogen-bond acceptors (Lipinski definition) is 6. The SMILES string of the molecule is CC(O)(CNc1cc(C#N)ccc1[N+](=O)[O-])C(=O)O. The summed E-state index contributed by atoms with van der Waals surface area (Å²) in [5.41, 5.74) is -2.22. The quantitative estimate of drug-likeness (QED) is 0.526. The maximum atomic E-state index is 10.8. The van der Waals surface area contributed by atoms with Crippen molar-refractivity contribution in [2.24, 2.45) is 0 Å². The van der Waals surface area contributed by atoms with E-state index in [2.05, 4.69) is 5.32 Å². The Balaban J connectivity index is 3.03. The first-order chi connectivity index (χ1) is 8.77. The van der Waals surface area contributed by atoms with Gasteiger partial charge in [0.1, 0.15) is 5.69 Å².